The standard InChI is InChI=1S/C20H10Br4O6/c21-11-5-9-17(13(23)15(11)25)30-18-10(6-12(22)16(26)14(18)24)20(9,29)8-4-2-1-3-7(8)19(27)28/h1-6,25-26,29H,(H,27,28). The van der Waals surface area contributed by atoms with Crippen molar-refractivity contribution in [3.63, 3.8) is 0 Å². The number of carboxylic acid groups (broad SMARTS) is 1. The molecule has 0 aromatic heterocycles. The molecule has 4 rings (SSSR count). The van der Waals surface area contributed by atoms with Crippen LogP contribution in [0.15, 0.2) is 54.3 Å². The van der Waals surface area contributed by atoms with Crippen LogP contribution in [0.1, 0.15) is 27.0 Å². The van der Waals surface area contributed by atoms with Gasteiger partial charge in [0.05, 0.1) is 14.5 Å². The van der Waals surface area contributed by atoms with Crippen molar-refractivity contribution >= 4 is 69.7 Å². The number of phenolic OH excluding ortho intramolecular Hbond substituents is 2. The molecule has 4 N–H and O–H groups in total. The average molecular weight is 666 g/mol. The van der Waals surface area contributed by atoms with Crippen molar-refractivity contribution in [2.24, 2.45) is 0 Å². The van der Waals surface area contributed by atoms with Gasteiger partial charge in [0, 0.05) is 16.7 Å². The highest BCUT2D eigenvalue weighted by Gasteiger charge is 2.47. The highest BCUT2D eigenvalue weighted by molar-refractivity contribution is 9.11. The Balaban J connectivity index is 2.21. The molecular weight excluding hydrogens is 656 g/mol. The SMILES string of the molecule is O=C(O)c1ccccc1C1(O)c2cc(Br)c(O)c(Br)c2Oc2c1cc(Br)c(O)c2Br. The van der Waals surface area contributed by atoms with Crippen LogP contribution in [-0.4, -0.2) is 26.4 Å². The molecule has 0 radical (unpaired) electrons. The van der Waals surface area contributed by atoms with Crippen molar-refractivity contribution < 1.29 is 30.0 Å². The third-order valence-corrected chi connectivity index (χ3v) is 7.51. The van der Waals surface area contributed by atoms with Gasteiger partial charge in [-0.05, 0) is 81.9 Å². The smallest absolute Gasteiger partial charge is 0.336 e. The van der Waals surface area contributed by atoms with Gasteiger partial charge in [0.15, 0.2) is 11.5 Å². The molecular formula is C20H10Br4O6. The first-order valence-electron chi connectivity index (χ1n) is 8.24. The summed E-state index contributed by atoms with van der Waals surface area (Å²) in [6.07, 6.45) is 0. The molecule has 0 saturated carbocycles. The van der Waals surface area contributed by atoms with Crippen LogP contribution in [-0.2, 0) is 5.60 Å². The van der Waals surface area contributed by atoms with Gasteiger partial charge in [0.2, 0.25) is 0 Å². The van der Waals surface area contributed by atoms with E-state index in [4.69, 9.17) is 4.74 Å². The monoisotopic (exact) mass is 662 g/mol. The number of hydrogen-bond donors (Lipinski definition) is 4. The molecule has 0 saturated heterocycles. The topological polar surface area (TPSA) is 107 Å². The summed E-state index contributed by atoms with van der Waals surface area (Å²) in [6, 6.07) is 8.99. The molecule has 6 nitrogen and oxygen atoms in total. The van der Waals surface area contributed by atoms with E-state index in [-0.39, 0.29) is 63.1 Å². The van der Waals surface area contributed by atoms with E-state index < -0.39 is 11.6 Å². The van der Waals surface area contributed by atoms with Gasteiger partial charge >= 0.3 is 5.97 Å². The molecule has 1 aliphatic heterocycles. The Hall–Kier alpha value is -1.59. The summed E-state index contributed by atoms with van der Waals surface area (Å²) in [5, 5.41) is 42.6. The number of halogens is 4. The molecule has 154 valence electrons. The van der Waals surface area contributed by atoms with Crippen LogP contribution in [0.5, 0.6) is 23.0 Å². The Kier molecular flexibility index (Phi) is 5.43. The van der Waals surface area contributed by atoms with Gasteiger partial charge in [-0.3, -0.25) is 0 Å². The number of carboxylic acids is 1. The Morgan fingerprint density at radius 1 is 0.833 bits per heavy atom. The van der Waals surface area contributed by atoms with Crippen molar-refractivity contribution in [1.29, 1.82) is 0 Å². The molecule has 0 amide bonds. The van der Waals surface area contributed by atoms with Crippen LogP contribution >= 0.6 is 63.7 Å². The van der Waals surface area contributed by atoms with E-state index in [1.165, 1.54) is 24.3 Å². The van der Waals surface area contributed by atoms with E-state index in [1.807, 2.05) is 0 Å². The average Bonchev–Trinajstić information content (AvgIpc) is 2.72. The highest BCUT2D eigenvalue weighted by atomic mass is 79.9. The van der Waals surface area contributed by atoms with Crippen LogP contribution in [0.3, 0.4) is 0 Å². The number of aromatic carboxylic acids is 1. The zero-order chi connectivity index (χ0) is 22.0. The van der Waals surface area contributed by atoms with Gasteiger partial charge in [-0.1, -0.05) is 18.2 Å². The van der Waals surface area contributed by atoms with E-state index >= 15 is 0 Å². The number of aromatic hydroxyl groups is 2. The molecule has 10 heteroatoms. The van der Waals surface area contributed by atoms with Gasteiger partial charge < -0.3 is 25.2 Å². The molecule has 0 aliphatic carbocycles. The minimum atomic E-state index is -1.99. The maximum atomic E-state index is 12.2. The number of rotatable bonds is 2. The lowest BCUT2D eigenvalue weighted by Gasteiger charge is -2.38. The number of aliphatic hydroxyl groups is 1. The maximum Gasteiger partial charge on any atom is 0.336 e. The number of benzene rings is 3. The minimum Gasteiger partial charge on any atom is -0.505 e. The Bertz CT molecular complexity index is 1180. The summed E-state index contributed by atoms with van der Waals surface area (Å²) in [4.78, 5) is 11.9. The molecule has 1 aliphatic rings. The van der Waals surface area contributed by atoms with E-state index in [2.05, 4.69) is 63.7 Å². The molecule has 0 fully saturated rings. The van der Waals surface area contributed by atoms with Crippen LogP contribution in [0.4, 0.5) is 0 Å². The number of phenols is 2. The summed E-state index contributed by atoms with van der Waals surface area (Å²) in [7, 11) is 0. The van der Waals surface area contributed by atoms with Gasteiger partial charge in [-0.2, -0.15) is 0 Å². The lowest BCUT2D eigenvalue weighted by Crippen LogP contribution is -2.34. The van der Waals surface area contributed by atoms with Crippen molar-refractivity contribution in [1.82, 2.24) is 0 Å². The molecule has 3 aromatic carbocycles. The third kappa shape index (κ3) is 3.00. The first kappa shape index (κ1) is 21.6. The lowest BCUT2D eigenvalue weighted by atomic mass is 9.76. The molecule has 0 spiro atoms. The summed E-state index contributed by atoms with van der Waals surface area (Å²) in [6.45, 7) is 0. The van der Waals surface area contributed by atoms with Crippen LogP contribution < -0.4 is 4.74 Å². The first-order chi connectivity index (χ1) is 14.1. The number of fused-ring (bicyclic) bond motifs is 2. The summed E-state index contributed by atoms with van der Waals surface area (Å²) in [5.74, 6) is -1.39. The molecule has 1 heterocycles. The normalized spacial score (nSPS) is 13.9. The third-order valence-electron chi connectivity index (χ3n) is 4.83. The van der Waals surface area contributed by atoms with Crippen LogP contribution in [0.25, 0.3) is 0 Å². The molecule has 0 atom stereocenters. The second-order valence-electron chi connectivity index (χ2n) is 6.46. The van der Waals surface area contributed by atoms with Gasteiger partial charge in [0.25, 0.3) is 0 Å². The Morgan fingerprint density at radius 2 is 1.30 bits per heavy atom. The predicted molar refractivity (Wildman–Crippen MR) is 123 cm³/mol. The van der Waals surface area contributed by atoms with Crippen molar-refractivity contribution in [3.05, 3.63) is 76.5 Å². The van der Waals surface area contributed by atoms with Gasteiger partial charge in [-0.25, -0.2) is 4.79 Å². The highest BCUT2D eigenvalue weighted by Crippen LogP contribution is 2.59. The number of ether oxygens (including phenoxy) is 1. The molecule has 0 unspecified atom stereocenters. The van der Waals surface area contributed by atoms with E-state index in [0.717, 1.165) is 0 Å². The fraction of sp³-hybridized carbons (Fsp3) is 0.0500. The second kappa shape index (κ2) is 7.52. The summed E-state index contributed by atoms with van der Waals surface area (Å²) in [5.41, 5.74) is -1.61. The van der Waals surface area contributed by atoms with Crippen molar-refractivity contribution in [2.75, 3.05) is 0 Å². The van der Waals surface area contributed by atoms with Crippen molar-refractivity contribution in [3.8, 4) is 23.0 Å². The molecule has 3 aromatic rings. The Labute approximate surface area is 203 Å². The summed E-state index contributed by atoms with van der Waals surface area (Å²) >= 11 is 13.1. The zero-order valence-electron chi connectivity index (χ0n) is 14.6. The second-order valence-corrected chi connectivity index (χ2v) is 9.75. The first-order valence-corrected chi connectivity index (χ1v) is 11.4. The van der Waals surface area contributed by atoms with Crippen LogP contribution in [0.2, 0.25) is 0 Å². The number of carbonyl (C=O) groups is 1. The fourth-order valence-corrected chi connectivity index (χ4v) is 5.84. The van der Waals surface area contributed by atoms with Crippen molar-refractivity contribution in [2.45, 2.75) is 5.60 Å². The fourth-order valence-electron chi connectivity index (χ4n) is 3.44. The molecule has 0 bridgehead atoms. The largest absolute Gasteiger partial charge is 0.505 e. The van der Waals surface area contributed by atoms with E-state index in [9.17, 15) is 25.2 Å². The minimum absolute atomic E-state index is 0.0771. The van der Waals surface area contributed by atoms with E-state index in [0.29, 0.717) is 0 Å². The lowest BCUT2D eigenvalue weighted by molar-refractivity contribution is 0.0675. The molecule has 30 heavy (non-hydrogen) atoms. The quantitative estimate of drug-likeness (QED) is 0.259. The number of hydrogen-bond acceptors (Lipinski definition) is 5. The zero-order valence-corrected chi connectivity index (χ0v) is 20.9. The maximum absolute atomic E-state index is 12.2. The Morgan fingerprint density at radius 3 is 1.77 bits per heavy atom. The van der Waals surface area contributed by atoms with Gasteiger partial charge in [0.1, 0.15) is 26.0 Å². The van der Waals surface area contributed by atoms with E-state index in [1.54, 1.807) is 12.1 Å². The van der Waals surface area contributed by atoms with Crippen LogP contribution in [0, 0.1) is 0 Å². The predicted octanol–water partition coefficient (Wildman–Crippen LogP) is 6.24. The summed E-state index contributed by atoms with van der Waals surface area (Å²) < 4.78 is 6.80. The van der Waals surface area contributed by atoms with Gasteiger partial charge in [-0.15, -0.1) is 0 Å².